The first-order valence-electron chi connectivity index (χ1n) is 12.5. The van der Waals surface area contributed by atoms with Gasteiger partial charge in [0.1, 0.15) is 10.6 Å². The molecule has 0 spiro atoms. The Kier molecular flexibility index (Phi) is 7.57. The van der Waals surface area contributed by atoms with E-state index in [2.05, 4.69) is 20.7 Å². The van der Waals surface area contributed by atoms with Crippen LogP contribution in [-0.4, -0.2) is 62.4 Å². The average molecular weight is 531 g/mol. The third-order valence-corrected chi connectivity index (χ3v) is 8.14. The number of amides is 1. The van der Waals surface area contributed by atoms with Crippen molar-refractivity contribution >= 4 is 32.5 Å². The predicted molar refractivity (Wildman–Crippen MR) is 148 cm³/mol. The summed E-state index contributed by atoms with van der Waals surface area (Å²) in [7, 11) is -2.18. The van der Waals surface area contributed by atoms with E-state index in [1.165, 1.54) is 6.07 Å². The molecule has 1 amide bonds. The SMILES string of the molecule is COc1ccccc1CN1CCCN(C(=O)c2ccc(NS(=O)(=O)c3cccc4cccnc34)cc2)CC1. The molecule has 0 aliphatic carbocycles. The van der Waals surface area contributed by atoms with E-state index in [9.17, 15) is 13.2 Å². The number of nitrogens with zero attached hydrogens (tertiary/aromatic N) is 3. The molecule has 1 aliphatic rings. The van der Waals surface area contributed by atoms with Crippen molar-refractivity contribution in [2.75, 3.05) is 38.0 Å². The van der Waals surface area contributed by atoms with Gasteiger partial charge in [0, 0.05) is 61.1 Å². The van der Waals surface area contributed by atoms with Crippen LogP contribution in [-0.2, 0) is 16.6 Å². The fourth-order valence-electron chi connectivity index (χ4n) is 4.77. The molecule has 0 atom stereocenters. The number of methoxy groups -OCH3 is 1. The fraction of sp³-hybridized carbons (Fsp3) is 0.241. The van der Waals surface area contributed by atoms with Gasteiger partial charge in [0.15, 0.2) is 0 Å². The van der Waals surface area contributed by atoms with E-state index in [0.717, 1.165) is 42.8 Å². The largest absolute Gasteiger partial charge is 0.496 e. The summed E-state index contributed by atoms with van der Waals surface area (Å²) in [6.45, 7) is 3.72. The molecule has 1 saturated heterocycles. The molecule has 5 rings (SSSR count). The first-order chi connectivity index (χ1) is 18.4. The Balaban J connectivity index is 1.23. The average Bonchev–Trinajstić information content (AvgIpc) is 3.18. The van der Waals surface area contributed by atoms with Gasteiger partial charge in [0.25, 0.3) is 15.9 Å². The van der Waals surface area contributed by atoms with Gasteiger partial charge in [-0.15, -0.1) is 0 Å². The van der Waals surface area contributed by atoms with Crippen molar-refractivity contribution in [2.24, 2.45) is 0 Å². The Hall–Kier alpha value is -3.95. The number of carbonyl (C=O) groups is 1. The van der Waals surface area contributed by atoms with Gasteiger partial charge in [0.05, 0.1) is 12.6 Å². The number of anilines is 1. The normalized spacial score (nSPS) is 14.7. The number of ether oxygens (including phenoxy) is 1. The van der Waals surface area contributed by atoms with E-state index in [0.29, 0.717) is 29.9 Å². The van der Waals surface area contributed by atoms with Crippen LogP contribution in [0.5, 0.6) is 5.75 Å². The van der Waals surface area contributed by atoms with Crippen LogP contribution in [0.2, 0.25) is 0 Å². The molecule has 3 aromatic carbocycles. The van der Waals surface area contributed by atoms with Crippen LogP contribution in [0.4, 0.5) is 5.69 Å². The highest BCUT2D eigenvalue weighted by Gasteiger charge is 2.22. The number of hydrogen-bond donors (Lipinski definition) is 1. The van der Waals surface area contributed by atoms with Gasteiger partial charge in [-0.25, -0.2) is 8.42 Å². The summed E-state index contributed by atoms with van der Waals surface area (Å²) >= 11 is 0. The molecule has 2 heterocycles. The fourth-order valence-corrected chi connectivity index (χ4v) is 6.01. The van der Waals surface area contributed by atoms with E-state index in [1.807, 2.05) is 35.2 Å². The molecule has 9 heteroatoms. The third kappa shape index (κ3) is 5.64. The smallest absolute Gasteiger partial charge is 0.264 e. The number of sulfonamides is 1. The Morgan fingerprint density at radius 2 is 1.71 bits per heavy atom. The molecule has 38 heavy (non-hydrogen) atoms. The van der Waals surface area contributed by atoms with Crippen LogP contribution >= 0.6 is 0 Å². The molecular weight excluding hydrogens is 500 g/mol. The molecule has 1 aromatic heterocycles. The van der Waals surface area contributed by atoms with Crippen molar-refractivity contribution in [1.29, 1.82) is 0 Å². The Bertz CT molecular complexity index is 1530. The first-order valence-corrected chi connectivity index (χ1v) is 14.0. The standard InChI is InChI=1S/C29H30N4O4S/c1-37-26-10-3-2-7-24(26)21-32-17-6-18-33(20-19-32)29(34)23-12-14-25(15-13-23)31-38(35,36)27-11-4-8-22-9-5-16-30-28(22)27/h2-5,7-16,31H,6,17-21H2,1H3. The molecule has 0 saturated carbocycles. The van der Waals surface area contributed by atoms with Crippen molar-refractivity contribution in [2.45, 2.75) is 17.9 Å². The topological polar surface area (TPSA) is 91.8 Å². The Morgan fingerprint density at radius 3 is 2.53 bits per heavy atom. The van der Waals surface area contributed by atoms with E-state index in [4.69, 9.17) is 4.74 Å². The Labute approximate surface area is 222 Å². The van der Waals surface area contributed by atoms with Gasteiger partial charge in [-0.3, -0.25) is 19.4 Å². The minimum Gasteiger partial charge on any atom is -0.496 e. The lowest BCUT2D eigenvalue weighted by atomic mass is 10.2. The molecule has 4 aromatic rings. The summed E-state index contributed by atoms with van der Waals surface area (Å²) in [6, 6.07) is 23.2. The van der Waals surface area contributed by atoms with Crippen LogP contribution in [0, 0.1) is 0 Å². The quantitative estimate of drug-likeness (QED) is 0.381. The molecule has 1 N–H and O–H groups in total. The van der Waals surface area contributed by atoms with Crippen molar-refractivity contribution in [3.8, 4) is 5.75 Å². The minimum atomic E-state index is -3.86. The van der Waals surface area contributed by atoms with Crippen molar-refractivity contribution < 1.29 is 17.9 Å². The zero-order valence-corrected chi connectivity index (χ0v) is 22.0. The van der Waals surface area contributed by atoms with Crippen LogP contribution < -0.4 is 9.46 Å². The van der Waals surface area contributed by atoms with Crippen LogP contribution in [0.3, 0.4) is 0 Å². The minimum absolute atomic E-state index is 0.0585. The van der Waals surface area contributed by atoms with Gasteiger partial charge >= 0.3 is 0 Å². The van der Waals surface area contributed by atoms with Crippen molar-refractivity contribution in [1.82, 2.24) is 14.8 Å². The van der Waals surface area contributed by atoms with E-state index < -0.39 is 10.0 Å². The summed E-state index contributed by atoms with van der Waals surface area (Å²) in [5.41, 5.74) is 2.45. The molecule has 1 fully saturated rings. The number of para-hydroxylation sites is 2. The number of pyridine rings is 1. The van der Waals surface area contributed by atoms with Crippen molar-refractivity contribution in [3.63, 3.8) is 0 Å². The summed E-state index contributed by atoms with van der Waals surface area (Å²) in [5.74, 6) is 0.814. The predicted octanol–water partition coefficient (Wildman–Crippen LogP) is 4.39. The van der Waals surface area contributed by atoms with Crippen LogP contribution in [0.1, 0.15) is 22.3 Å². The number of carbonyl (C=O) groups excluding carboxylic acids is 1. The zero-order valence-electron chi connectivity index (χ0n) is 21.2. The van der Waals surface area contributed by atoms with E-state index >= 15 is 0 Å². The van der Waals surface area contributed by atoms with E-state index in [1.54, 1.807) is 49.7 Å². The molecule has 0 bridgehead atoms. The van der Waals surface area contributed by atoms with Gasteiger partial charge in [0.2, 0.25) is 0 Å². The number of nitrogens with one attached hydrogen (secondary N) is 1. The maximum Gasteiger partial charge on any atom is 0.264 e. The summed E-state index contributed by atoms with van der Waals surface area (Å²) in [5, 5.41) is 0.746. The van der Waals surface area contributed by atoms with Gasteiger partial charge < -0.3 is 9.64 Å². The summed E-state index contributed by atoms with van der Waals surface area (Å²) in [4.78, 5) is 21.8. The second-order valence-electron chi connectivity index (χ2n) is 9.25. The van der Waals surface area contributed by atoms with Gasteiger partial charge in [-0.05, 0) is 48.9 Å². The molecule has 1 aliphatic heterocycles. The lowest BCUT2D eigenvalue weighted by Gasteiger charge is -2.23. The second-order valence-corrected chi connectivity index (χ2v) is 10.9. The zero-order chi connectivity index (χ0) is 26.5. The first kappa shape index (κ1) is 25.7. The van der Waals surface area contributed by atoms with E-state index in [-0.39, 0.29) is 10.8 Å². The molecule has 0 radical (unpaired) electrons. The highest BCUT2D eigenvalue weighted by molar-refractivity contribution is 7.93. The maximum atomic E-state index is 13.2. The number of aromatic nitrogens is 1. The molecule has 8 nitrogen and oxygen atoms in total. The van der Waals surface area contributed by atoms with Crippen molar-refractivity contribution in [3.05, 3.63) is 96.2 Å². The summed E-state index contributed by atoms with van der Waals surface area (Å²) in [6.07, 6.45) is 2.44. The second kappa shape index (κ2) is 11.2. The number of rotatable bonds is 7. The number of fused-ring (bicyclic) bond motifs is 1. The van der Waals surface area contributed by atoms with Gasteiger partial charge in [-0.1, -0.05) is 36.4 Å². The highest BCUT2D eigenvalue weighted by Crippen LogP contribution is 2.24. The Morgan fingerprint density at radius 1 is 0.921 bits per heavy atom. The monoisotopic (exact) mass is 530 g/mol. The van der Waals surface area contributed by atoms with Crippen LogP contribution in [0.15, 0.2) is 90.0 Å². The molecular formula is C29H30N4O4S. The summed E-state index contributed by atoms with van der Waals surface area (Å²) < 4.78 is 34.3. The lowest BCUT2D eigenvalue weighted by Crippen LogP contribution is -2.35. The van der Waals surface area contributed by atoms with Crippen LogP contribution in [0.25, 0.3) is 10.9 Å². The molecule has 0 unspecified atom stereocenters. The lowest BCUT2D eigenvalue weighted by molar-refractivity contribution is 0.0761. The maximum absolute atomic E-state index is 13.2. The third-order valence-electron chi connectivity index (χ3n) is 6.73. The molecule has 196 valence electrons. The number of benzene rings is 3. The number of hydrogen-bond acceptors (Lipinski definition) is 6. The highest BCUT2D eigenvalue weighted by atomic mass is 32.2. The van der Waals surface area contributed by atoms with Gasteiger partial charge in [-0.2, -0.15) is 0 Å².